The maximum absolute atomic E-state index is 12.7. The largest absolute Gasteiger partial charge is 0.380 e. The van der Waals surface area contributed by atoms with Crippen molar-refractivity contribution in [2.75, 3.05) is 91.8 Å². The van der Waals surface area contributed by atoms with Crippen LogP contribution < -0.4 is 43.0 Å². The van der Waals surface area contributed by atoms with E-state index in [1.807, 2.05) is 0 Å². The second-order valence-corrected chi connectivity index (χ2v) is 9.07. The Morgan fingerprint density at radius 1 is 0.750 bits per heavy atom. The fourth-order valence-electron chi connectivity index (χ4n) is 3.87. The molecule has 1 amide bonds. The number of hydrogen-bond acceptors (Lipinski definition) is 10. The number of rotatable bonds is 7. The molecule has 2 bridgehead atoms. The minimum absolute atomic E-state index is 0.0530. The smallest absolute Gasteiger partial charge is 0.222 e. The molecule has 32 heavy (non-hydrogen) atoms. The van der Waals surface area contributed by atoms with Crippen molar-refractivity contribution >= 4 is 11.7 Å². The fraction of sp³-hybridized carbons (Fsp3) is 0.905. The molecule has 0 atom stereocenters. The summed E-state index contributed by atoms with van der Waals surface area (Å²) in [6, 6.07) is 0. The number of fused-ring (bicyclic) bond motifs is 15. The van der Waals surface area contributed by atoms with E-state index in [1.54, 1.807) is 0 Å². The zero-order valence-electron chi connectivity index (χ0n) is 19.6. The Morgan fingerprint density at radius 2 is 1.16 bits per heavy atom. The summed E-state index contributed by atoms with van der Waals surface area (Å²) >= 11 is 0. The Bertz CT molecular complexity index is 520. The molecule has 0 unspecified atom stereocenters. The van der Waals surface area contributed by atoms with Crippen LogP contribution in [0, 0.1) is 0 Å². The van der Waals surface area contributed by atoms with Crippen LogP contribution in [0.1, 0.15) is 19.8 Å². The van der Waals surface area contributed by atoms with E-state index in [9.17, 15) is 9.59 Å². The van der Waals surface area contributed by atoms with Crippen LogP contribution in [0.2, 0.25) is 0 Å². The van der Waals surface area contributed by atoms with E-state index in [0.717, 1.165) is 58.9 Å². The molecule has 11 nitrogen and oxygen atoms in total. The van der Waals surface area contributed by atoms with Gasteiger partial charge in [-0.05, 0) is 6.92 Å². The van der Waals surface area contributed by atoms with Crippen LogP contribution in [0.4, 0.5) is 0 Å². The van der Waals surface area contributed by atoms with Gasteiger partial charge in [-0.1, -0.05) is 0 Å². The van der Waals surface area contributed by atoms with Gasteiger partial charge in [-0.3, -0.25) is 9.59 Å². The molecule has 0 aliphatic carbocycles. The molecule has 0 aromatic heterocycles. The lowest BCUT2D eigenvalue weighted by Crippen LogP contribution is -2.67. The van der Waals surface area contributed by atoms with Gasteiger partial charge in [0, 0.05) is 91.4 Å². The molecule has 0 spiro atoms. The third-order valence-electron chi connectivity index (χ3n) is 5.73. The van der Waals surface area contributed by atoms with E-state index in [4.69, 9.17) is 10.5 Å². The Labute approximate surface area is 192 Å². The average molecular weight is 457 g/mol. The first kappa shape index (κ1) is 27.1. The molecule has 3 heterocycles. The third kappa shape index (κ3) is 11.1. The van der Waals surface area contributed by atoms with Gasteiger partial charge >= 0.3 is 0 Å². The van der Waals surface area contributed by atoms with Gasteiger partial charge in [0.1, 0.15) is 5.78 Å². The van der Waals surface area contributed by atoms with Gasteiger partial charge in [0.05, 0.1) is 24.3 Å². The SMILES string of the molecule is CC(=O)CCOCCC(=O)NC12CNCCNCC(N)(CNCCNC1)CNCCNC2. The number of ketones is 1. The highest BCUT2D eigenvalue weighted by atomic mass is 16.5. The number of nitrogens with one attached hydrogen (secondary N) is 7. The maximum Gasteiger partial charge on any atom is 0.222 e. The highest BCUT2D eigenvalue weighted by Crippen LogP contribution is 2.04. The molecule has 0 radical (unpaired) electrons. The fourth-order valence-corrected chi connectivity index (χ4v) is 3.87. The Hall–Kier alpha value is -1.18. The van der Waals surface area contributed by atoms with Crippen LogP contribution in [0.3, 0.4) is 0 Å². The molecule has 0 aromatic carbocycles. The van der Waals surface area contributed by atoms with E-state index < -0.39 is 5.54 Å². The second kappa shape index (κ2) is 14.9. The predicted octanol–water partition coefficient (Wildman–Crippen LogP) is -3.51. The lowest BCUT2D eigenvalue weighted by Gasteiger charge is -2.37. The first-order chi connectivity index (χ1) is 15.4. The molecule has 3 aliphatic rings. The normalized spacial score (nSPS) is 29.1. The van der Waals surface area contributed by atoms with Crippen molar-refractivity contribution in [3.8, 4) is 0 Å². The van der Waals surface area contributed by atoms with E-state index in [0.29, 0.717) is 39.3 Å². The number of amides is 1. The second-order valence-electron chi connectivity index (χ2n) is 9.07. The molecule has 186 valence electrons. The molecule has 0 saturated carbocycles. The Balaban J connectivity index is 1.99. The van der Waals surface area contributed by atoms with E-state index >= 15 is 0 Å². The Kier molecular flexibility index (Phi) is 12.6. The van der Waals surface area contributed by atoms with Crippen molar-refractivity contribution in [1.29, 1.82) is 0 Å². The molecule has 0 aromatic rings. The minimum atomic E-state index is -0.470. The summed E-state index contributed by atoms with van der Waals surface area (Å²) in [4.78, 5) is 23.7. The maximum atomic E-state index is 12.7. The molecule has 3 rings (SSSR count). The molecule has 3 saturated heterocycles. The average Bonchev–Trinajstić information content (AvgIpc) is 2.74. The van der Waals surface area contributed by atoms with Crippen molar-refractivity contribution in [2.24, 2.45) is 5.73 Å². The van der Waals surface area contributed by atoms with Gasteiger partial charge in [0.15, 0.2) is 0 Å². The summed E-state index contributed by atoms with van der Waals surface area (Å²) in [5.74, 6) is 0.0365. The molecule has 11 heteroatoms. The number of ether oxygens (including phenoxy) is 1. The van der Waals surface area contributed by atoms with Crippen LogP contribution >= 0.6 is 0 Å². The van der Waals surface area contributed by atoms with Crippen LogP contribution in [0.15, 0.2) is 0 Å². The van der Waals surface area contributed by atoms with Gasteiger partial charge in [-0.25, -0.2) is 0 Å². The number of Topliss-reactive ketones (excluding diaryl/α,β-unsaturated/α-hetero) is 1. The van der Waals surface area contributed by atoms with Crippen molar-refractivity contribution in [1.82, 2.24) is 37.2 Å². The van der Waals surface area contributed by atoms with Crippen LogP contribution in [-0.4, -0.2) is 115 Å². The van der Waals surface area contributed by atoms with Gasteiger partial charge in [0.25, 0.3) is 0 Å². The summed E-state index contributed by atoms with van der Waals surface area (Å²) in [6.07, 6.45) is 0.646. The van der Waals surface area contributed by atoms with Crippen LogP contribution in [-0.2, 0) is 14.3 Å². The summed E-state index contributed by atoms with van der Waals surface area (Å²) in [7, 11) is 0. The van der Waals surface area contributed by atoms with E-state index in [1.165, 1.54) is 6.92 Å². The monoisotopic (exact) mass is 456 g/mol. The van der Waals surface area contributed by atoms with Crippen LogP contribution in [0.5, 0.6) is 0 Å². The first-order valence-corrected chi connectivity index (χ1v) is 11.8. The zero-order chi connectivity index (χ0) is 23.1. The number of nitrogens with two attached hydrogens (primary N) is 1. The van der Waals surface area contributed by atoms with Crippen molar-refractivity contribution in [3.05, 3.63) is 0 Å². The molecule has 3 aliphatic heterocycles. The molecule has 9 N–H and O–H groups in total. The van der Waals surface area contributed by atoms with Gasteiger partial charge in [0.2, 0.25) is 5.91 Å². The topological polar surface area (TPSA) is 154 Å². The van der Waals surface area contributed by atoms with Gasteiger partial charge in [-0.15, -0.1) is 0 Å². The molecule has 3 fully saturated rings. The summed E-state index contributed by atoms with van der Waals surface area (Å²) in [6.45, 7) is 11.0. The lowest BCUT2D eigenvalue weighted by atomic mass is 9.97. The summed E-state index contributed by atoms with van der Waals surface area (Å²) in [5, 5.41) is 24.1. The number of carbonyl (C=O) groups is 2. The molecular weight excluding hydrogens is 412 g/mol. The highest BCUT2D eigenvalue weighted by molar-refractivity contribution is 5.77. The number of carbonyl (C=O) groups excluding carboxylic acids is 2. The van der Waals surface area contributed by atoms with Crippen molar-refractivity contribution in [2.45, 2.75) is 30.8 Å². The van der Waals surface area contributed by atoms with E-state index in [-0.39, 0.29) is 23.7 Å². The standard InChI is InChI=1S/C21H44N8O3/c1-18(30)2-10-32-11-3-19(31)29-21-15-26-7-4-23-12-20(22,13-24-5-8-27-16-21)14-25-6-9-28-17-21/h23-28H,2-17,22H2,1H3,(H,29,31). The lowest BCUT2D eigenvalue weighted by molar-refractivity contribution is -0.124. The third-order valence-corrected chi connectivity index (χ3v) is 5.73. The van der Waals surface area contributed by atoms with Gasteiger partial charge < -0.3 is 47.7 Å². The van der Waals surface area contributed by atoms with Gasteiger partial charge in [-0.2, -0.15) is 0 Å². The zero-order valence-corrected chi connectivity index (χ0v) is 19.6. The van der Waals surface area contributed by atoms with Crippen LogP contribution in [0.25, 0.3) is 0 Å². The quantitative estimate of drug-likeness (QED) is 0.181. The highest BCUT2D eigenvalue weighted by Gasteiger charge is 2.32. The predicted molar refractivity (Wildman–Crippen MR) is 126 cm³/mol. The van der Waals surface area contributed by atoms with Crippen molar-refractivity contribution in [3.63, 3.8) is 0 Å². The summed E-state index contributed by atoms with van der Waals surface area (Å²) in [5.41, 5.74) is 5.81. The minimum Gasteiger partial charge on any atom is -0.380 e. The van der Waals surface area contributed by atoms with E-state index in [2.05, 4.69) is 37.2 Å². The first-order valence-electron chi connectivity index (χ1n) is 11.8. The molecular formula is C21H44N8O3. The summed E-state index contributed by atoms with van der Waals surface area (Å²) < 4.78 is 5.44. The number of hydrogen-bond donors (Lipinski definition) is 8. The Morgan fingerprint density at radius 3 is 1.59 bits per heavy atom. The van der Waals surface area contributed by atoms with Crippen molar-refractivity contribution < 1.29 is 14.3 Å².